The Bertz CT molecular complexity index is 440. The van der Waals surface area contributed by atoms with E-state index in [9.17, 15) is 0 Å². The molecular formula is C17H21Cl. The summed E-state index contributed by atoms with van der Waals surface area (Å²) in [7, 11) is 0. The van der Waals surface area contributed by atoms with Gasteiger partial charge >= 0.3 is 0 Å². The first-order valence-corrected chi connectivity index (χ1v) is 7.66. The molecular weight excluding hydrogens is 240 g/mol. The van der Waals surface area contributed by atoms with Gasteiger partial charge in [-0.15, -0.1) is 0 Å². The zero-order valence-electron chi connectivity index (χ0n) is 10.9. The van der Waals surface area contributed by atoms with Gasteiger partial charge in [0, 0.05) is 5.02 Å². The molecule has 0 aliphatic heterocycles. The molecule has 0 heterocycles. The van der Waals surface area contributed by atoms with Crippen LogP contribution in [-0.2, 0) is 0 Å². The maximum absolute atomic E-state index is 6.09. The van der Waals surface area contributed by atoms with Crippen molar-refractivity contribution >= 4 is 11.6 Å². The minimum absolute atomic E-state index is 0.731. The average Bonchev–Trinajstić information content (AvgIpc) is 2.93. The normalized spacial score (nSPS) is 24.6. The number of halogens is 1. The third-order valence-electron chi connectivity index (χ3n) is 4.62. The lowest BCUT2D eigenvalue weighted by molar-refractivity contribution is 0.511. The van der Waals surface area contributed by atoms with Crippen LogP contribution in [0.15, 0.2) is 35.4 Å². The van der Waals surface area contributed by atoms with Gasteiger partial charge in [0.2, 0.25) is 0 Å². The molecule has 0 spiro atoms. The van der Waals surface area contributed by atoms with Gasteiger partial charge in [0.1, 0.15) is 0 Å². The molecule has 1 aromatic carbocycles. The van der Waals surface area contributed by atoms with Gasteiger partial charge in [0.25, 0.3) is 0 Å². The minimum atomic E-state index is 0.731. The molecule has 0 radical (unpaired) electrons. The molecule has 3 rings (SSSR count). The maximum Gasteiger partial charge on any atom is 0.0408 e. The van der Waals surface area contributed by atoms with Gasteiger partial charge in [-0.2, -0.15) is 0 Å². The molecule has 0 N–H and O–H groups in total. The van der Waals surface area contributed by atoms with Crippen molar-refractivity contribution in [2.75, 3.05) is 0 Å². The van der Waals surface area contributed by atoms with Crippen molar-refractivity contribution in [2.45, 2.75) is 57.3 Å². The summed E-state index contributed by atoms with van der Waals surface area (Å²) < 4.78 is 0. The summed E-state index contributed by atoms with van der Waals surface area (Å²) in [6.07, 6.45) is 10.9. The van der Waals surface area contributed by atoms with Crippen molar-refractivity contribution < 1.29 is 0 Å². The van der Waals surface area contributed by atoms with Crippen LogP contribution in [0.1, 0.15) is 62.8 Å². The van der Waals surface area contributed by atoms with E-state index < -0.39 is 0 Å². The molecule has 2 saturated carbocycles. The van der Waals surface area contributed by atoms with Gasteiger partial charge in [-0.25, -0.2) is 0 Å². The molecule has 1 aromatic rings. The molecule has 0 nitrogen and oxygen atoms in total. The van der Waals surface area contributed by atoms with Gasteiger partial charge in [0.05, 0.1) is 0 Å². The van der Waals surface area contributed by atoms with Crippen molar-refractivity contribution in [3.8, 4) is 0 Å². The highest BCUT2D eigenvalue weighted by molar-refractivity contribution is 6.30. The van der Waals surface area contributed by atoms with E-state index in [1.807, 2.05) is 6.07 Å². The van der Waals surface area contributed by atoms with Crippen molar-refractivity contribution in [3.63, 3.8) is 0 Å². The molecule has 0 bridgehead atoms. The fourth-order valence-electron chi connectivity index (χ4n) is 3.57. The predicted molar refractivity (Wildman–Crippen MR) is 78.2 cm³/mol. The SMILES string of the molecule is Clc1cccc(C2CCC(=C3CCCC3)CC2)c1. The third-order valence-corrected chi connectivity index (χ3v) is 4.85. The van der Waals surface area contributed by atoms with E-state index in [1.54, 1.807) is 11.1 Å². The monoisotopic (exact) mass is 260 g/mol. The molecule has 0 aromatic heterocycles. The topological polar surface area (TPSA) is 0 Å². The van der Waals surface area contributed by atoms with Crippen molar-refractivity contribution in [3.05, 3.63) is 46.0 Å². The number of hydrogen-bond donors (Lipinski definition) is 0. The number of benzene rings is 1. The Morgan fingerprint density at radius 2 is 1.56 bits per heavy atom. The molecule has 2 aliphatic rings. The van der Waals surface area contributed by atoms with E-state index in [0.29, 0.717) is 0 Å². The predicted octanol–water partition coefficient (Wildman–Crippen LogP) is 5.87. The molecule has 18 heavy (non-hydrogen) atoms. The van der Waals surface area contributed by atoms with Crippen LogP contribution in [-0.4, -0.2) is 0 Å². The molecule has 0 saturated heterocycles. The summed E-state index contributed by atoms with van der Waals surface area (Å²) in [5.41, 5.74) is 5.04. The lowest BCUT2D eigenvalue weighted by atomic mass is 9.80. The summed E-state index contributed by atoms with van der Waals surface area (Å²) in [6, 6.07) is 8.45. The van der Waals surface area contributed by atoms with Crippen LogP contribution in [0.2, 0.25) is 5.02 Å². The number of rotatable bonds is 1. The Labute approximate surface area is 115 Å². The molecule has 1 heteroatoms. The summed E-state index contributed by atoms with van der Waals surface area (Å²) in [6.45, 7) is 0. The fraction of sp³-hybridized carbons (Fsp3) is 0.529. The Balaban J connectivity index is 1.68. The molecule has 0 amide bonds. The summed E-state index contributed by atoms with van der Waals surface area (Å²) >= 11 is 6.09. The Hall–Kier alpha value is -0.750. The molecule has 2 aliphatic carbocycles. The zero-order valence-corrected chi connectivity index (χ0v) is 11.7. The number of allylic oxidation sites excluding steroid dienone is 2. The standard InChI is InChI=1S/C17H21Cl/c18-17-7-3-6-16(12-17)15-10-8-14(9-11-15)13-4-1-2-5-13/h3,6-7,12,15H,1-2,4-5,8-11H2. The largest absolute Gasteiger partial charge is 0.0843 e. The highest BCUT2D eigenvalue weighted by Crippen LogP contribution is 2.40. The Kier molecular flexibility index (Phi) is 3.75. The van der Waals surface area contributed by atoms with E-state index in [0.717, 1.165) is 10.9 Å². The van der Waals surface area contributed by atoms with E-state index in [2.05, 4.69) is 18.2 Å². The van der Waals surface area contributed by atoms with Gasteiger partial charge in [-0.3, -0.25) is 0 Å². The third kappa shape index (κ3) is 2.64. The molecule has 96 valence electrons. The van der Waals surface area contributed by atoms with Gasteiger partial charge in [-0.1, -0.05) is 34.9 Å². The van der Waals surface area contributed by atoms with Crippen LogP contribution in [0.3, 0.4) is 0 Å². The first-order chi connectivity index (χ1) is 8.83. The van der Waals surface area contributed by atoms with Crippen LogP contribution >= 0.6 is 11.6 Å². The number of hydrogen-bond acceptors (Lipinski definition) is 0. The molecule has 2 fully saturated rings. The smallest absolute Gasteiger partial charge is 0.0408 e. The van der Waals surface area contributed by atoms with Crippen molar-refractivity contribution in [2.24, 2.45) is 0 Å². The first kappa shape index (κ1) is 12.3. The van der Waals surface area contributed by atoms with Crippen LogP contribution in [0.25, 0.3) is 0 Å². The van der Waals surface area contributed by atoms with Crippen LogP contribution in [0.5, 0.6) is 0 Å². The minimum Gasteiger partial charge on any atom is -0.0843 e. The summed E-state index contributed by atoms with van der Waals surface area (Å²) in [5, 5.41) is 0.882. The van der Waals surface area contributed by atoms with Gasteiger partial charge < -0.3 is 0 Å². The lowest BCUT2D eigenvalue weighted by Gasteiger charge is -2.26. The second-order valence-corrected chi connectivity index (χ2v) is 6.18. The van der Waals surface area contributed by atoms with E-state index in [1.165, 1.54) is 56.9 Å². The van der Waals surface area contributed by atoms with Crippen LogP contribution in [0.4, 0.5) is 0 Å². The van der Waals surface area contributed by atoms with E-state index in [4.69, 9.17) is 11.6 Å². The molecule has 0 atom stereocenters. The first-order valence-electron chi connectivity index (χ1n) is 7.28. The summed E-state index contributed by atoms with van der Waals surface area (Å²) in [4.78, 5) is 0. The Morgan fingerprint density at radius 3 is 2.22 bits per heavy atom. The van der Waals surface area contributed by atoms with Crippen LogP contribution in [0, 0.1) is 0 Å². The van der Waals surface area contributed by atoms with Gasteiger partial charge in [-0.05, 0) is 75.0 Å². The van der Waals surface area contributed by atoms with E-state index in [-0.39, 0.29) is 0 Å². The second kappa shape index (κ2) is 5.48. The quantitative estimate of drug-likeness (QED) is 0.554. The zero-order chi connectivity index (χ0) is 12.4. The lowest BCUT2D eigenvalue weighted by Crippen LogP contribution is -2.07. The highest BCUT2D eigenvalue weighted by Gasteiger charge is 2.21. The van der Waals surface area contributed by atoms with Crippen molar-refractivity contribution in [1.29, 1.82) is 0 Å². The van der Waals surface area contributed by atoms with Gasteiger partial charge in [0.15, 0.2) is 0 Å². The Morgan fingerprint density at radius 1 is 0.889 bits per heavy atom. The second-order valence-electron chi connectivity index (χ2n) is 5.74. The highest BCUT2D eigenvalue weighted by atomic mass is 35.5. The molecule has 0 unspecified atom stereocenters. The fourth-order valence-corrected chi connectivity index (χ4v) is 3.77. The maximum atomic E-state index is 6.09. The summed E-state index contributed by atoms with van der Waals surface area (Å²) in [5.74, 6) is 0.731. The van der Waals surface area contributed by atoms with Crippen LogP contribution < -0.4 is 0 Å². The van der Waals surface area contributed by atoms with Crippen molar-refractivity contribution in [1.82, 2.24) is 0 Å². The van der Waals surface area contributed by atoms with E-state index >= 15 is 0 Å². The average molecular weight is 261 g/mol.